The molecule has 1 aromatic heterocycles. The van der Waals surface area contributed by atoms with Gasteiger partial charge in [-0.05, 0) is 39.8 Å². The lowest BCUT2D eigenvalue weighted by Crippen LogP contribution is -2.30. The molecule has 2 aromatic rings. The number of rotatable bonds is 3. The summed E-state index contributed by atoms with van der Waals surface area (Å²) in [7, 11) is 0. The van der Waals surface area contributed by atoms with Crippen molar-refractivity contribution in [3.05, 3.63) is 17.1 Å². The van der Waals surface area contributed by atoms with Gasteiger partial charge in [0.1, 0.15) is 0 Å². The van der Waals surface area contributed by atoms with Crippen molar-refractivity contribution in [2.45, 2.75) is 33.7 Å². The Morgan fingerprint density at radius 2 is 2.12 bits per heavy atom. The predicted octanol–water partition coefficient (Wildman–Crippen LogP) is 3.42. The second kappa shape index (κ2) is 4.53. The molecule has 92 valence electrons. The van der Waals surface area contributed by atoms with Gasteiger partial charge in [0.05, 0.1) is 26.6 Å². The highest BCUT2D eigenvalue weighted by atomic mass is 32.1. The van der Waals surface area contributed by atoms with Crippen LogP contribution in [0.15, 0.2) is 12.1 Å². The molecule has 0 saturated heterocycles. The zero-order chi connectivity index (χ0) is 12.6. The highest BCUT2D eigenvalue weighted by Crippen LogP contribution is 2.32. The summed E-state index contributed by atoms with van der Waals surface area (Å²) >= 11 is 1.69. The molecule has 1 heterocycles. The summed E-state index contributed by atoms with van der Waals surface area (Å²) in [5, 5.41) is 1.09. The summed E-state index contributed by atoms with van der Waals surface area (Å²) in [6, 6.07) is 4.59. The summed E-state index contributed by atoms with van der Waals surface area (Å²) in [6.45, 7) is 9.49. The van der Waals surface area contributed by atoms with E-state index in [2.05, 4.69) is 36.7 Å². The predicted molar refractivity (Wildman–Crippen MR) is 76.9 cm³/mol. The molecule has 1 aromatic carbocycles. The average molecular weight is 249 g/mol. The summed E-state index contributed by atoms with van der Waals surface area (Å²) < 4.78 is 1.17. The zero-order valence-corrected chi connectivity index (χ0v) is 11.6. The van der Waals surface area contributed by atoms with Crippen molar-refractivity contribution in [1.29, 1.82) is 0 Å². The largest absolute Gasteiger partial charge is 0.397 e. The van der Waals surface area contributed by atoms with E-state index in [0.29, 0.717) is 6.04 Å². The van der Waals surface area contributed by atoms with Crippen molar-refractivity contribution in [1.82, 2.24) is 4.98 Å². The quantitative estimate of drug-likeness (QED) is 0.847. The average Bonchev–Trinajstić information content (AvgIpc) is 2.58. The Morgan fingerprint density at radius 1 is 1.41 bits per heavy atom. The number of benzene rings is 1. The van der Waals surface area contributed by atoms with Gasteiger partial charge in [0.15, 0.2) is 0 Å². The zero-order valence-electron chi connectivity index (χ0n) is 10.8. The number of nitrogens with two attached hydrogens (primary N) is 1. The van der Waals surface area contributed by atoms with Crippen LogP contribution in [0, 0.1) is 6.92 Å². The van der Waals surface area contributed by atoms with E-state index in [-0.39, 0.29) is 0 Å². The van der Waals surface area contributed by atoms with Gasteiger partial charge in [-0.1, -0.05) is 0 Å². The van der Waals surface area contributed by atoms with E-state index in [1.807, 2.05) is 13.0 Å². The molecule has 0 aliphatic carbocycles. The Labute approximate surface area is 106 Å². The third-order valence-corrected chi connectivity index (χ3v) is 3.85. The molecule has 3 nitrogen and oxygen atoms in total. The van der Waals surface area contributed by atoms with Crippen LogP contribution >= 0.6 is 11.3 Å². The first kappa shape index (κ1) is 12.2. The second-order valence-electron chi connectivity index (χ2n) is 4.49. The van der Waals surface area contributed by atoms with Crippen LogP contribution in [0.25, 0.3) is 10.2 Å². The fraction of sp³-hybridized carbons (Fsp3) is 0.462. The molecule has 17 heavy (non-hydrogen) atoms. The molecule has 0 atom stereocenters. The van der Waals surface area contributed by atoms with Crippen LogP contribution in [0.3, 0.4) is 0 Å². The highest BCUT2D eigenvalue weighted by molar-refractivity contribution is 7.18. The van der Waals surface area contributed by atoms with Crippen LogP contribution in [0.1, 0.15) is 25.8 Å². The Kier molecular flexibility index (Phi) is 3.24. The molecule has 0 radical (unpaired) electrons. The summed E-state index contributed by atoms with van der Waals surface area (Å²) in [5.41, 5.74) is 9.14. The number of hydrogen-bond acceptors (Lipinski definition) is 4. The third-order valence-electron chi connectivity index (χ3n) is 2.92. The molecular formula is C13H19N3S. The summed E-state index contributed by atoms with van der Waals surface area (Å²) in [4.78, 5) is 6.82. The number of nitrogens with zero attached hydrogens (tertiary/aromatic N) is 2. The van der Waals surface area contributed by atoms with Crippen molar-refractivity contribution in [3.63, 3.8) is 0 Å². The van der Waals surface area contributed by atoms with E-state index >= 15 is 0 Å². The van der Waals surface area contributed by atoms with Crippen molar-refractivity contribution < 1.29 is 0 Å². The van der Waals surface area contributed by atoms with Crippen LogP contribution in [0.4, 0.5) is 11.4 Å². The topological polar surface area (TPSA) is 42.2 Å². The maximum Gasteiger partial charge on any atom is 0.0907 e. The molecule has 2 rings (SSSR count). The van der Waals surface area contributed by atoms with Gasteiger partial charge in [-0.25, -0.2) is 4.98 Å². The van der Waals surface area contributed by atoms with E-state index in [0.717, 1.165) is 28.4 Å². The van der Waals surface area contributed by atoms with Gasteiger partial charge in [0.25, 0.3) is 0 Å². The number of aromatic nitrogens is 1. The van der Waals surface area contributed by atoms with Gasteiger partial charge in [0, 0.05) is 12.6 Å². The summed E-state index contributed by atoms with van der Waals surface area (Å²) in [5.74, 6) is 0. The van der Waals surface area contributed by atoms with Gasteiger partial charge in [-0.2, -0.15) is 0 Å². The molecule has 0 unspecified atom stereocenters. The normalized spacial score (nSPS) is 11.4. The van der Waals surface area contributed by atoms with Gasteiger partial charge in [0.2, 0.25) is 0 Å². The fourth-order valence-electron chi connectivity index (χ4n) is 2.16. The molecule has 2 N–H and O–H groups in total. The Balaban J connectivity index is 2.56. The van der Waals surface area contributed by atoms with Gasteiger partial charge >= 0.3 is 0 Å². The minimum atomic E-state index is 0.444. The van der Waals surface area contributed by atoms with Crippen molar-refractivity contribution in [2.24, 2.45) is 0 Å². The smallest absolute Gasteiger partial charge is 0.0907 e. The van der Waals surface area contributed by atoms with Crippen molar-refractivity contribution in [3.8, 4) is 0 Å². The van der Waals surface area contributed by atoms with Crippen LogP contribution in [-0.2, 0) is 0 Å². The lowest BCUT2D eigenvalue weighted by molar-refractivity contribution is 0.705. The Morgan fingerprint density at radius 3 is 2.71 bits per heavy atom. The summed E-state index contributed by atoms with van der Waals surface area (Å²) in [6.07, 6.45) is 0. The number of anilines is 2. The SMILES string of the molecule is CCN(c1cc2nc(C)sc2cc1N)C(C)C. The van der Waals surface area contributed by atoms with Crippen molar-refractivity contribution in [2.75, 3.05) is 17.2 Å². The minimum Gasteiger partial charge on any atom is -0.397 e. The number of nitrogen functional groups attached to an aromatic ring is 1. The highest BCUT2D eigenvalue weighted by Gasteiger charge is 2.13. The van der Waals surface area contributed by atoms with Crippen molar-refractivity contribution >= 4 is 32.9 Å². The number of thiazole rings is 1. The molecule has 0 bridgehead atoms. The lowest BCUT2D eigenvalue weighted by atomic mass is 10.2. The number of aryl methyl sites for hydroxylation is 1. The standard InChI is InChI=1S/C13H19N3S/c1-5-16(8(2)3)12-7-11-13(6-10(12)14)17-9(4)15-11/h6-8H,5,14H2,1-4H3. The van der Waals surface area contributed by atoms with Crippen LogP contribution in [0.5, 0.6) is 0 Å². The molecule has 0 aliphatic heterocycles. The molecule has 0 aliphatic rings. The lowest BCUT2D eigenvalue weighted by Gasteiger charge is -2.28. The van der Waals surface area contributed by atoms with Crippen LogP contribution < -0.4 is 10.6 Å². The van der Waals surface area contributed by atoms with E-state index in [4.69, 9.17) is 5.73 Å². The van der Waals surface area contributed by atoms with Gasteiger partial charge < -0.3 is 10.6 Å². The van der Waals surface area contributed by atoms with E-state index < -0.39 is 0 Å². The maximum atomic E-state index is 6.15. The number of hydrogen-bond donors (Lipinski definition) is 1. The fourth-order valence-corrected chi connectivity index (χ4v) is 3.01. The van der Waals surface area contributed by atoms with E-state index in [1.165, 1.54) is 4.70 Å². The molecule has 0 fully saturated rings. The first-order valence-electron chi connectivity index (χ1n) is 5.96. The third kappa shape index (κ3) is 2.22. The number of fused-ring (bicyclic) bond motifs is 1. The van der Waals surface area contributed by atoms with Gasteiger partial charge in [-0.3, -0.25) is 0 Å². The second-order valence-corrected chi connectivity index (χ2v) is 5.73. The first-order chi connectivity index (χ1) is 8.02. The minimum absolute atomic E-state index is 0.444. The maximum absolute atomic E-state index is 6.15. The molecular weight excluding hydrogens is 230 g/mol. The van der Waals surface area contributed by atoms with Crippen LogP contribution in [-0.4, -0.2) is 17.6 Å². The van der Waals surface area contributed by atoms with E-state index in [9.17, 15) is 0 Å². The van der Waals surface area contributed by atoms with E-state index in [1.54, 1.807) is 11.3 Å². The molecule has 0 spiro atoms. The Bertz CT molecular complexity index is 531. The van der Waals surface area contributed by atoms with Crippen LogP contribution in [0.2, 0.25) is 0 Å². The monoisotopic (exact) mass is 249 g/mol. The Hall–Kier alpha value is -1.29. The van der Waals surface area contributed by atoms with Gasteiger partial charge in [-0.15, -0.1) is 11.3 Å². The first-order valence-corrected chi connectivity index (χ1v) is 6.78. The molecule has 0 saturated carbocycles. The molecule has 0 amide bonds. The molecule has 4 heteroatoms.